The van der Waals surface area contributed by atoms with Crippen LogP contribution in [0.2, 0.25) is 0 Å². The second-order valence-electron chi connectivity index (χ2n) is 3.85. The van der Waals surface area contributed by atoms with Crippen molar-refractivity contribution in [2.24, 2.45) is 0 Å². The van der Waals surface area contributed by atoms with E-state index < -0.39 is 35.1 Å². The molecular weight excluding hydrogens is 296 g/mol. The molecule has 0 saturated carbocycles. The molecule has 1 aromatic carbocycles. The highest BCUT2D eigenvalue weighted by molar-refractivity contribution is 7.89. The van der Waals surface area contributed by atoms with Gasteiger partial charge in [-0.05, 0) is 31.2 Å². The lowest BCUT2D eigenvalue weighted by Gasteiger charge is -2.11. The van der Waals surface area contributed by atoms with Gasteiger partial charge in [0.2, 0.25) is 10.0 Å². The number of sulfonamides is 1. The minimum absolute atomic E-state index is 0.0931. The van der Waals surface area contributed by atoms with Crippen molar-refractivity contribution >= 4 is 16.0 Å². The SMILES string of the molecule is C[C@@H](NS(=O)(=O)c1ccc(OCC(F)F)cc1)C(=O)O. The summed E-state index contributed by atoms with van der Waals surface area (Å²) < 4.78 is 54.1. The summed E-state index contributed by atoms with van der Waals surface area (Å²) in [5.41, 5.74) is 0. The van der Waals surface area contributed by atoms with Gasteiger partial charge in [0.1, 0.15) is 18.4 Å². The average molecular weight is 309 g/mol. The molecule has 0 aliphatic heterocycles. The number of nitrogens with one attached hydrogen (secondary N) is 1. The number of hydrogen-bond donors (Lipinski definition) is 2. The Bertz CT molecular complexity index is 559. The fourth-order valence-corrected chi connectivity index (χ4v) is 2.42. The Balaban J connectivity index is 2.79. The molecule has 0 aliphatic carbocycles. The molecule has 1 rings (SSSR count). The Morgan fingerprint density at radius 1 is 1.35 bits per heavy atom. The van der Waals surface area contributed by atoms with Gasteiger partial charge < -0.3 is 9.84 Å². The van der Waals surface area contributed by atoms with Gasteiger partial charge in [0, 0.05) is 0 Å². The predicted molar refractivity (Wildman–Crippen MR) is 65.4 cm³/mol. The van der Waals surface area contributed by atoms with Crippen LogP contribution in [0.15, 0.2) is 29.2 Å². The Hall–Kier alpha value is -1.74. The van der Waals surface area contributed by atoms with Gasteiger partial charge in [-0.3, -0.25) is 4.79 Å². The summed E-state index contributed by atoms with van der Waals surface area (Å²) in [5, 5.41) is 8.64. The van der Waals surface area contributed by atoms with Gasteiger partial charge in [0.25, 0.3) is 6.43 Å². The monoisotopic (exact) mass is 309 g/mol. The molecule has 0 amide bonds. The molecule has 0 aromatic heterocycles. The maximum Gasteiger partial charge on any atom is 0.321 e. The second kappa shape index (κ2) is 6.62. The first kappa shape index (κ1) is 16.3. The van der Waals surface area contributed by atoms with Crippen LogP contribution in [-0.4, -0.2) is 38.6 Å². The average Bonchev–Trinajstić information content (AvgIpc) is 2.36. The van der Waals surface area contributed by atoms with E-state index in [1.807, 2.05) is 4.72 Å². The number of hydrogen-bond acceptors (Lipinski definition) is 4. The third-order valence-corrected chi connectivity index (χ3v) is 3.77. The first-order chi connectivity index (χ1) is 9.22. The molecule has 112 valence electrons. The largest absolute Gasteiger partial charge is 0.488 e. The molecule has 0 heterocycles. The van der Waals surface area contributed by atoms with Crippen LogP contribution in [0, 0.1) is 0 Å². The molecule has 0 bridgehead atoms. The number of alkyl halides is 2. The van der Waals surface area contributed by atoms with Gasteiger partial charge in [-0.25, -0.2) is 17.2 Å². The standard InChI is InChI=1S/C11H13F2NO5S/c1-7(11(15)16)14-20(17,18)9-4-2-8(3-5-9)19-6-10(12)13/h2-5,7,10,14H,6H2,1H3,(H,15,16)/t7-/m1/s1. The highest BCUT2D eigenvalue weighted by Gasteiger charge is 2.21. The summed E-state index contributed by atoms with van der Waals surface area (Å²) in [5.74, 6) is -1.22. The molecule has 0 radical (unpaired) electrons. The molecule has 6 nitrogen and oxygen atoms in total. The summed E-state index contributed by atoms with van der Waals surface area (Å²) in [7, 11) is -3.99. The van der Waals surface area contributed by atoms with Crippen molar-refractivity contribution in [1.82, 2.24) is 4.72 Å². The van der Waals surface area contributed by atoms with Crippen LogP contribution in [0.1, 0.15) is 6.92 Å². The smallest absolute Gasteiger partial charge is 0.321 e. The van der Waals surface area contributed by atoms with E-state index in [0.717, 1.165) is 12.1 Å². The number of ether oxygens (including phenoxy) is 1. The maximum absolute atomic E-state index is 11.9. The molecule has 0 fully saturated rings. The van der Waals surface area contributed by atoms with Crippen molar-refractivity contribution in [3.8, 4) is 5.75 Å². The number of rotatable bonds is 7. The van der Waals surface area contributed by atoms with Gasteiger partial charge in [-0.2, -0.15) is 4.72 Å². The fourth-order valence-electron chi connectivity index (χ4n) is 1.23. The summed E-state index contributed by atoms with van der Waals surface area (Å²) in [4.78, 5) is 10.4. The van der Waals surface area contributed by atoms with Gasteiger partial charge in [-0.15, -0.1) is 0 Å². The first-order valence-corrected chi connectivity index (χ1v) is 6.97. The van der Waals surface area contributed by atoms with Crippen LogP contribution >= 0.6 is 0 Å². The van der Waals surface area contributed by atoms with Gasteiger partial charge in [-0.1, -0.05) is 0 Å². The number of carboxylic acids is 1. The Morgan fingerprint density at radius 2 is 1.90 bits per heavy atom. The number of carbonyl (C=O) groups is 1. The first-order valence-electron chi connectivity index (χ1n) is 5.48. The van der Waals surface area contributed by atoms with Crippen molar-refractivity contribution < 1.29 is 31.8 Å². The number of halogens is 2. The summed E-state index contributed by atoms with van der Waals surface area (Å²) in [6, 6.07) is 3.41. The van der Waals surface area contributed by atoms with Gasteiger partial charge in [0.15, 0.2) is 0 Å². The molecule has 0 spiro atoms. The van der Waals surface area contributed by atoms with Gasteiger partial charge in [0.05, 0.1) is 4.90 Å². The number of benzene rings is 1. The second-order valence-corrected chi connectivity index (χ2v) is 5.57. The van der Waals surface area contributed by atoms with Crippen molar-refractivity contribution in [2.75, 3.05) is 6.61 Å². The van der Waals surface area contributed by atoms with Crippen LogP contribution in [0.5, 0.6) is 5.75 Å². The van der Waals surface area contributed by atoms with Gasteiger partial charge >= 0.3 is 5.97 Å². The van der Waals surface area contributed by atoms with E-state index in [2.05, 4.69) is 0 Å². The lowest BCUT2D eigenvalue weighted by Crippen LogP contribution is -2.38. The quantitative estimate of drug-likeness (QED) is 0.786. The van der Waals surface area contributed by atoms with E-state index in [4.69, 9.17) is 9.84 Å². The summed E-state index contributed by atoms with van der Waals surface area (Å²) >= 11 is 0. The molecule has 9 heteroatoms. The molecular formula is C11H13F2NO5S. The summed E-state index contributed by atoms with van der Waals surface area (Å²) in [6.07, 6.45) is -2.63. The normalized spacial score (nSPS) is 13.2. The highest BCUT2D eigenvalue weighted by atomic mass is 32.2. The molecule has 0 saturated heterocycles. The van der Waals surface area contributed by atoms with E-state index in [1.54, 1.807) is 0 Å². The van der Waals surface area contributed by atoms with E-state index in [1.165, 1.54) is 19.1 Å². The van der Waals surface area contributed by atoms with Crippen molar-refractivity contribution in [3.63, 3.8) is 0 Å². The Morgan fingerprint density at radius 3 is 2.35 bits per heavy atom. The molecule has 20 heavy (non-hydrogen) atoms. The van der Waals surface area contributed by atoms with Crippen molar-refractivity contribution in [1.29, 1.82) is 0 Å². The zero-order valence-corrected chi connectivity index (χ0v) is 11.2. The Kier molecular flexibility index (Phi) is 5.40. The van der Waals surface area contributed by atoms with E-state index in [0.29, 0.717) is 0 Å². The topological polar surface area (TPSA) is 92.7 Å². The third kappa shape index (κ3) is 4.74. The number of aliphatic carboxylic acids is 1. The minimum atomic E-state index is -3.99. The maximum atomic E-state index is 11.9. The molecule has 1 atom stereocenters. The zero-order valence-electron chi connectivity index (χ0n) is 10.4. The lowest BCUT2D eigenvalue weighted by atomic mass is 10.3. The van der Waals surface area contributed by atoms with E-state index in [9.17, 15) is 22.0 Å². The van der Waals surface area contributed by atoms with Crippen LogP contribution in [0.25, 0.3) is 0 Å². The van der Waals surface area contributed by atoms with Crippen molar-refractivity contribution in [2.45, 2.75) is 24.3 Å². The Labute approximate surface area is 114 Å². The van der Waals surface area contributed by atoms with E-state index in [-0.39, 0.29) is 10.6 Å². The highest BCUT2D eigenvalue weighted by Crippen LogP contribution is 2.16. The molecule has 0 aliphatic rings. The zero-order chi connectivity index (χ0) is 15.3. The van der Waals surface area contributed by atoms with Crippen molar-refractivity contribution in [3.05, 3.63) is 24.3 Å². The third-order valence-electron chi connectivity index (χ3n) is 2.21. The lowest BCUT2D eigenvalue weighted by molar-refractivity contribution is -0.138. The molecule has 2 N–H and O–H groups in total. The molecule has 0 unspecified atom stereocenters. The fraction of sp³-hybridized carbons (Fsp3) is 0.364. The predicted octanol–water partition coefficient (Wildman–Crippen LogP) is 1.08. The van der Waals surface area contributed by atoms with Crippen LogP contribution < -0.4 is 9.46 Å². The number of carboxylic acid groups (broad SMARTS) is 1. The minimum Gasteiger partial charge on any atom is -0.488 e. The van der Waals surface area contributed by atoms with Crippen LogP contribution in [0.3, 0.4) is 0 Å². The van der Waals surface area contributed by atoms with E-state index >= 15 is 0 Å². The van der Waals surface area contributed by atoms with Crippen LogP contribution in [-0.2, 0) is 14.8 Å². The summed E-state index contributed by atoms with van der Waals surface area (Å²) in [6.45, 7) is 0.389. The molecule has 1 aromatic rings. The van der Waals surface area contributed by atoms with Crippen LogP contribution in [0.4, 0.5) is 8.78 Å².